The molecule has 4 nitrogen and oxygen atoms in total. The maximum absolute atomic E-state index is 12.5. The predicted molar refractivity (Wildman–Crippen MR) is 125 cm³/mol. The number of carbonyl (C=O) groups is 1. The molecule has 2 N–H and O–H groups in total. The van der Waals surface area contributed by atoms with E-state index in [2.05, 4.69) is 76.1 Å². The first-order valence-electron chi connectivity index (χ1n) is 11.7. The average Bonchev–Trinajstić information content (AvgIpc) is 3.10. The van der Waals surface area contributed by atoms with Crippen LogP contribution in [0.4, 0.5) is 0 Å². The molecule has 4 heteroatoms. The van der Waals surface area contributed by atoms with Crippen molar-refractivity contribution in [1.29, 1.82) is 0 Å². The first kappa shape index (κ1) is 22.6. The van der Waals surface area contributed by atoms with E-state index in [0.29, 0.717) is 23.7 Å². The van der Waals surface area contributed by atoms with Gasteiger partial charge in [-0.05, 0) is 74.5 Å². The van der Waals surface area contributed by atoms with Gasteiger partial charge in [0.05, 0.1) is 11.0 Å². The normalized spacial score (nSPS) is 22.0. The van der Waals surface area contributed by atoms with Gasteiger partial charge in [-0.3, -0.25) is 4.79 Å². The van der Waals surface area contributed by atoms with Gasteiger partial charge in [0.2, 0.25) is 5.91 Å². The van der Waals surface area contributed by atoms with Crippen LogP contribution in [0.5, 0.6) is 0 Å². The minimum Gasteiger partial charge on any atom is -0.355 e. The summed E-state index contributed by atoms with van der Waals surface area (Å²) in [4.78, 5) is 20.8. The lowest BCUT2D eigenvalue weighted by Gasteiger charge is -2.37. The number of benzene rings is 1. The molecular formula is C26H39N3O. The second-order valence-electron chi connectivity index (χ2n) is 9.58. The summed E-state index contributed by atoms with van der Waals surface area (Å²) in [5.74, 6) is 3.52. The Kier molecular flexibility index (Phi) is 7.38. The number of hydrogen-bond donors (Lipinski definition) is 2. The van der Waals surface area contributed by atoms with Gasteiger partial charge >= 0.3 is 0 Å². The van der Waals surface area contributed by atoms with Crippen LogP contribution in [0.25, 0.3) is 11.0 Å². The standard InChI is InChI=1S/C26H39N3O/c1-7-19(8-2)26(30)27-15-21-12-18(6)20(13-22(21)16(3)4)14-25-28-23-10-9-17(5)11-24(23)29-25/h9-12,16,19-22H,7-8,13-15H2,1-6H3,(H,27,30)(H,28,29). The molecule has 0 saturated carbocycles. The number of imidazole rings is 1. The first-order valence-corrected chi connectivity index (χ1v) is 11.7. The number of carbonyl (C=O) groups excluding carboxylic acids is 1. The molecule has 3 atom stereocenters. The third-order valence-corrected chi connectivity index (χ3v) is 7.08. The number of nitrogens with zero attached hydrogens (tertiary/aromatic N) is 1. The van der Waals surface area contributed by atoms with Gasteiger partial charge in [-0.25, -0.2) is 4.98 Å². The largest absolute Gasteiger partial charge is 0.355 e. The Labute approximate surface area is 181 Å². The number of fused-ring (bicyclic) bond motifs is 1. The maximum Gasteiger partial charge on any atom is 0.223 e. The SMILES string of the molecule is CCC(CC)C(=O)NCC1C=C(C)C(Cc2nc3ccc(C)cc3[nH]2)CC1C(C)C. The molecule has 1 aliphatic rings. The average molecular weight is 410 g/mol. The molecule has 0 radical (unpaired) electrons. The monoisotopic (exact) mass is 409 g/mol. The summed E-state index contributed by atoms with van der Waals surface area (Å²) in [5, 5.41) is 3.25. The van der Waals surface area contributed by atoms with Gasteiger partial charge in [-0.2, -0.15) is 0 Å². The molecule has 0 aliphatic heterocycles. The third kappa shape index (κ3) is 5.14. The summed E-state index contributed by atoms with van der Waals surface area (Å²) in [6.45, 7) is 13.9. The first-order chi connectivity index (χ1) is 14.3. The molecule has 1 aromatic heterocycles. The molecule has 0 saturated heterocycles. The molecule has 164 valence electrons. The molecule has 30 heavy (non-hydrogen) atoms. The Hall–Kier alpha value is -2.10. The number of amides is 1. The lowest BCUT2D eigenvalue weighted by Crippen LogP contribution is -2.39. The topological polar surface area (TPSA) is 57.8 Å². The van der Waals surface area contributed by atoms with Crippen molar-refractivity contribution in [1.82, 2.24) is 15.3 Å². The minimum absolute atomic E-state index is 0.139. The van der Waals surface area contributed by atoms with Crippen molar-refractivity contribution in [2.24, 2.45) is 29.6 Å². The molecule has 1 amide bonds. The Morgan fingerprint density at radius 1 is 1.23 bits per heavy atom. The van der Waals surface area contributed by atoms with Crippen LogP contribution >= 0.6 is 0 Å². The number of allylic oxidation sites excluding steroid dienone is 1. The van der Waals surface area contributed by atoms with Crippen LogP contribution < -0.4 is 5.32 Å². The van der Waals surface area contributed by atoms with Gasteiger partial charge in [0.25, 0.3) is 0 Å². The number of aromatic nitrogens is 2. The lowest BCUT2D eigenvalue weighted by molar-refractivity contribution is -0.125. The predicted octanol–water partition coefficient (Wildman–Crippen LogP) is 5.82. The number of rotatable bonds is 8. The van der Waals surface area contributed by atoms with Crippen LogP contribution in [0, 0.1) is 36.5 Å². The van der Waals surface area contributed by atoms with E-state index in [4.69, 9.17) is 4.98 Å². The molecule has 0 spiro atoms. The zero-order chi connectivity index (χ0) is 21.8. The number of hydrogen-bond acceptors (Lipinski definition) is 2. The fourth-order valence-electron chi connectivity index (χ4n) is 5.04. The molecule has 2 aromatic rings. The quantitative estimate of drug-likeness (QED) is 0.540. The van der Waals surface area contributed by atoms with E-state index < -0.39 is 0 Å². The van der Waals surface area contributed by atoms with Crippen molar-refractivity contribution in [2.75, 3.05) is 6.54 Å². The van der Waals surface area contributed by atoms with E-state index in [1.165, 1.54) is 11.1 Å². The van der Waals surface area contributed by atoms with Crippen molar-refractivity contribution >= 4 is 16.9 Å². The number of aryl methyl sites for hydroxylation is 1. The summed E-state index contributed by atoms with van der Waals surface area (Å²) >= 11 is 0. The summed E-state index contributed by atoms with van der Waals surface area (Å²) in [7, 11) is 0. The van der Waals surface area contributed by atoms with Gasteiger partial charge in [0.15, 0.2) is 0 Å². The second kappa shape index (κ2) is 9.80. The highest BCUT2D eigenvalue weighted by molar-refractivity contribution is 5.78. The van der Waals surface area contributed by atoms with E-state index in [9.17, 15) is 4.79 Å². The zero-order valence-corrected chi connectivity index (χ0v) is 19.6. The minimum atomic E-state index is 0.139. The summed E-state index contributed by atoms with van der Waals surface area (Å²) in [6.07, 6.45) is 6.36. The fourth-order valence-corrected chi connectivity index (χ4v) is 5.04. The molecule has 3 rings (SSSR count). The smallest absolute Gasteiger partial charge is 0.223 e. The Morgan fingerprint density at radius 3 is 2.63 bits per heavy atom. The van der Waals surface area contributed by atoms with Gasteiger partial charge in [0, 0.05) is 18.9 Å². The summed E-state index contributed by atoms with van der Waals surface area (Å²) < 4.78 is 0. The van der Waals surface area contributed by atoms with Crippen molar-refractivity contribution in [2.45, 2.75) is 67.2 Å². The van der Waals surface area contributed by atoms with E-state index in [1.54, 1.807) is 0 Å². The molecule has 1 heterocycles. The molecule has 1 aromatic carbocycles. The van der Waals surface area contributed by atoms with Gasteiger partial charge < -0.3 is 10.3 Å². The van der Waals surface area contributed by atoms with Crippen LogP contribution in [0.2, 0.25) is 0 Å². The van der Waals surface area contributed by atoms with Gasteiger partial charge in [-0.1, -0.05) is 45.4 Å². The van der Waals surface area contributed by atoms with E-state index in [-0.39, 0.29) is 11.8 Å². The summed E-state index contributed by atoms with van der Waals surface area (Å²) in [6, 6.07) is 6.39. The van der Waals surface area contributed by atoms with Crippen molar-refractivity contribution < 1.29 is 4.79 Å². The fraction of sp³-hybridized carbons (Fsp3) is 0.615. The Morgan fingerprint density at radius 2 is 1.97 bits per heavy atom. The van der Waals surface area contributed by atoms with E-state index >= 15 is 0 Å². The van der Waals surface area contributed by atoms with Gasteiger partial charge in [-0.15, -0.1) is 0 Å². The molecule has 3 unspecified atom stereocenters. The Balaban J connectivity index is 1.71. The van der Waals surface area contributed by atoms with Crippen LogP contribution in [0.1, 0.15) is 65.3 Å². The highest BCUT2D eigenvalue weighted by atomic mass is 16.1. The summed E-state index contributed by atoms with van der Waals surface area (Å²) in [5.41, 5.74) is 4.87. The van der Waals surface area contributed by atoms with Crippen molar-refractivity contribution in [3.63, 3.8) is 0 Å². The molecule has 1 aliphatic carbocycles. The van der Waals surface area contributed by atoms with Crippen molar-refractivity contribution in [3.8, 4) is 0 Å². The molecular weight excluding hydrogens is 370 g/mol. The number of aromatic amines is 1. The second-order valence-corrected chi connectivity index (χ2v) is 9.58. The zero-order valence-electron chi connectivity index (χ0n) is 19.6. The Bertz CT molecular complexity index is 891. The van der Waals surface area contributed by atoms with Gasteiger partial charge in [0.1, 0.15) is 5.82 Å². The van der Waals surface area contributed by atoms with Crippen molar-refractivity contribution in [3.05, 3.63) is 41.2 Å². The highest BCUT2D eigenvalue weighted by Crippen LogP contribution is 2.38. The molecule has 0 bridgehead atoms. The molecule has 0 fully saturated rings. The lowest BCUT2D eigenvalue weighted by atomic mass is 9.69. The van der Waals surface area contributed by atoms with E-state index in [1.807, 2.05) is 0 Å². The number of H-pyrrole nitrogens is 1. The third-order valence-electron chi connectivity index (χ3n) is 7.08. The van der Waals surface area contributed by atoms with Crippen LogP contribution in [-0.4, -0.2) is 22.4 Å². The number of nitrogens with one attached hydrogen (secondary N) is 2. The van der Waals surface area contributed by atoms with E-state index in [0.717, 1.165) is 49.1 Å². The van der Waals surface area contributed by atoms with Crippen LogP contribution in [0.3, 0.4) is 0 Å². The van der Waals surface area contributed by atoms with Crippen LogP contribution in [0.15, 0.2) is 29.8 Å². The van der Waals surface area contributed by atoms with Crippen LogP contribution in [-0.2, 0) is 11.2 Å². The maximum atomic E-state index is 12.5. The highest BCUT2D eigenvalue weighted by Gasteiger charge is 2.32.